The first kappa shape index (κ1) is 15.1. The van der Waals surface area contributed by atoms with E-state index in [0.717, 1.165) is 5.56 Å². The summed E-state index contributed by atoms with van der Waals surface area (Å²) in [4.78, 5) is 18.6. The van der Waals surface area contributed by atoms with Gasteiger partial charge in [-0.2, -0.15) is 5.10 Å². The molecule has 24 heavy (non-hydrogen) atoms. The minimum Gasteiger partial charge on any atom is -0.330 e. The number of amides is 1. The van der Waals surface area contributed by atoms with Crippen LogP contribution in [0.4, 0.5) is 4.39 Å². The highest BCUT2D eigenvalue weighted by molar-refractivity contribution is 6.30. The highest BCUT2D eigenvalue weighted by Crippen LogP contribution is 2.32. The molecule has 0 radical (unpaired) electrons. The Balaban J connectivity index is 1.70. The van der Waals surface area contributed by atoms with Crippen LogP contribution in [0.1, 0.15) is 34.6 Å². The van der Waals surface area contributed by atoms with Crippen molar-refractivity contribution in [2.75, 3.05) is 6.54 Å². The Morgan fingerprint density at radius 2 is 2.25 bits per heavy atom. The molecule has 1 aliphatic heterocycles. The van der Waals surface area contributed by atoms with Crippen LogP contribution in [0.2, 0.25) is 5.02 Å². The van der Waals surface area contributed by atoms with Crippen LogP contribution in [-0.2, 0) is 6.42 Å². The van der Waals surface area contributed by atoms with E-state index < -0.39 is 0 Å². The molecule has 3 aromatic rings. The lowest BCUT2D eigenvalue weighted by Gasteiger charge is -2.35. The van der Waals surface area contributed by atoms with E-state index in [1.165, 1.54) is 16.8 Å². The minimum absolute atomic E-state index is 0.238. The number of halogens is 2. The number of hydrogen-bond donors (Lipinski definition) is 0. The van der Waals surface area contributed by atoms with Crippen molar-refractivity contribution in [3.63, 3.8) is 0 Å². The third kappa shape index (κ3) is 2.34. The van der Waals surface area contributed by atoms with Gasteiger partial charge in [0.05, 0.1) is 17.3 Å². The maximum absolute atomic E-state index is 14.2. The first-order valence-electron chi connectivity index (χ1n) is 7.64. The summed E-state index contributed by atoms with van der Waals surface area (Å²) in [6, 6.07) is 6.31. The molecule has 1 aromatic carbocycles. The Bertz CT molecular complexity index is 955. The second kappa shape index (κ2) is 5.56. The van der Waals surface area contributed by atoms with Gasteiger partial charge in [-0.15, -0.1) is 0 Å². The van der Waals surface area contributed by atoms with Crippen LogP contribution in [-0.4, -0.2) is 31.9 Å². The van der Waals surface area contributed by atoms with Gasteiger partial charge in [0.15, 0.2) is 11.3 Å². The summed E-state index contributed by atoms with van der Waals surface area (Å²) in [7, 11) is 0. The third-order valence-electron chi connectivity index (χ3n) is 4.41. The zero-order valence-corrected chi connectivity index (χ0v) is 13.7. The first-order valence-corrected chi connectivity index (χ1v) is 8.01. The summed E-state index contributed by atoms with van der Waals surface area (Å²) < 4.78 is 15.7. The molecule has 0 saturated heterocycles. The minimum atomic E-state index is -0.344. The van der Waals surface area contributed by atoms with Gasteiger partial charge >= 0.3 is 0 Å². The Hall–Kier alpha value is -2.47. The quantitative estimate of drug-likeness (QED) is 0.680. The standard InChI is InChI=1S/C17H14ClFN4O/c1-10-16-11(3-2-4-13(16)19)5-6-22(10)17(24)14-7-15-20-8-12(18)9-23(15)21-14/h2-4,7-10H,5-6H2,1H3. The summed E-state index contributed by atoms with van der Waals surface area (Å²) in [6.07, 6.45) is 3.72. The predicted molar refractivity (Wildman–Crippen MR) is 87.6 cm³/mol. The monoisotopic (exact) mass is 344 g/mol. The molecule has 122 valence electrons. The van der Waals surface area contributed by atoms with Gasteiger partial charge in [-0.25, -0.2) is 13.9 Å². The average molecular weight is 345 g/mol. The molecule has 5 nitrogen and oxygen atoms in total. The van der Waals surface area contributed by atoms with Crippen LogP contribution in [0, 0.1) is 5.82 Å². The Kier molecular flexibility index (Phi) is 3.49. The highest BCUT2D eigenvalue weighted by Gasteiger charge is 2.31. The fourth-order valence-electron chi connectivity index (χ4n) is 3.24. The maximum Gasteiger partial charge on any atom is 0.274 e. The molecule has 1 aliphatic rings. The van der Waals surface area contributed by atoms with Crippen molar-refractivity contribution in [3.05, 3.63) is 64.3 Å². The number of aromatic nitrogens is 3. The number of hydrogen-bond acceptors (Lipinski definition) is 3. The molecule has 4 rings (SSSR count). The number of carbonyl (C=O) groups is 1. The van der Waals surface area contributed by atoms with E-state index in [4.69, 9.17) is 11.6 Å². The number of rotatable bonds is 1. The topological polar surface area (TPSA) is 50.5 Å². The lowest BCUT2D eigenvalue weighted by molar-refractivity contribution is 0.0667. The summed E-state index contributed by atoms with van der Waals surface area (Å²) in [5.41, 5.74) is 2.35. The van der Waals surface area contributed by atoms with E-state index in [0.29, 0.717) is 29.2 Å². The van der Waals surface area contributed by atoms with Gasteiger partial charge in [0.25, 0.3) is 5.91 Å². The fourth-order valence-corrected chi connectivity index (χ4v) is 3.38. The maximum atomic E-state index is 14.2. The average Bonchev–Trinajstić information content (AvgIpc) is 2.97. The molecule has 0 spiro atoms. The van der Waals surface area contributed by atoms with Gasteiger partial charge in [-0.05, 0) is 25.0 Å². The van der Waals surface area contributed by atoms with Crippen molar-refractivity contribution in [1.29, 1.82) is 0 Å². The molecular formula is C17H14ClFN4O. The lowest BCUT2D eigenvalue weighted by Crippen LogP contribution is -2.39. The van der Waals surface area contributed by atoms with E-state index in [9.17, 15) is 9.18 Å². The second-order valence-electron chi connectivity index (χ2n) is 5.84. The fraction of sp³-hybridized carbons (Fsp3) is 0.235. The molecule has 0 saturated carbocycles. The smallest absolute Gasteiger partial charge is 0.274 e. The van der Waals surface area contributed by atoms with E-state index >= 15 is 0 Å². The van der Waals surface area contributed by atoms with Gasteiger partial charge < -0.3 is 4.90 Å². The van der Waals surface area contributed by atoms with Crippen molar-refractivity contribution >= 4 is 23.2 Å². The van der Waals surface area contributed by atoms with Crippen LogP contribution < -0.4 is 0 Å². The molecule has 0 N–H and O–H groups in total. The summed E-state index contributed by atoms with van der Waals surface area (Å²) in [6.45, 7) is 2.36. The van der Waals surface area contributed by atoms with Gasteiger partial charge in [0.2, 0.25) is 0 Å². The molecule has 7 heteroatoms. The van der Waals surface area contributed by atoms with Crippen LogP contribution in [0.15, 0.2) is 36.7 Å². The molecule has 1 amide bonds. The van der Waals surface area contributed by atoms with Crippen molar-refractivity contribution in [1.82, 2.24) is 19.5 Å². The Morgan fingerprint density at radius 1 is 1.42 bits per heavy atom. The molecule has 3 heterocycles. The Morgan fingerprint density at radius 3 is 3.08 bits per heavy atom. The molecule has 0 fully saturated rings. The van der Waals surface area contributed by atoms with Gasteiger partial charge in [0.1, 0.15) is 5.82 Å². The third-order valence-corrected chi connectivity index (χ3v) is 4.61. The molecule has 0 aliphatic carbocycles. The summed E-state index contributed by atoms with van der Waals surface area (Å²) in [5.74, 6) is -0.515. The Labute approximate surface area is 142 Å². The zero-order chi connectivity index (χ0) is 16.8. The van der Waals surface area contributed by atoms with E-state index in [1.54, 1.807) is 23.2 Å². The first-order chi connectivity index (χ1) is 11.5. The van der Waals surface area contributed by atoms with Crippen molar-refractivity contribution < 1.29 is 9.18 Å². The second-order valence-corrected chi connectivity index (χ2v) is 6.28. The predicted octanol–water partition coefficient (Wildman–Crippen LogP) is 3.28. The van der Waals surface area contributed by atoms with E-state index in [2.05, 4.69) is 10.1 Å². The van der Waals surface area contributed by atoms with Crippen LogP contribution in [0.25, 0.3) is 5.65 Å². The van der Waals surface area contributed by atoms with Gasteiger partial charge in [-0.1, -0.05) is 23.7 Å². The van der Waals surface area contributed by atoms with Gasteiger partial charge in [0, 0.05) is 24.4 Å². The molecule has 1 unspecified atom stereocenters. The van der Waals surface area contributed by atoms with Crippen LogP contribution in [0.3, 0.4) is 0 Å². The normalized spacial score (nSPS) is 17.1. The van der Waals surface area contributed by atoms with Crippen LogP contribution >= 0.6 is 11.6 Å². The number of benzene rings is 1. The molecular weight excluding hydrogens is 331 g/mol. The number of carbonyl (C=O) groups excluding carboxylic acids is 1. The van der Waals surface area contributed by atoms with Crippen LogP contribution in [0.5, 0.6) is 0 Å². The van der Waals surface area contributed by atoms with E-state index in [1.807, 2.05) is 13.0 Å². The van der Waals surface area contributed by atoms with Gasteiger partial charge in [-0.3, -0.25) is 4.79 Å². The van der Waals surface area contributed by atoms with Crippen molar-refractivity contribution in [2.24, 2.45) is 0 Å². The highest BCUT2D eigenvalue weighted by atomic mass is 35.5. The summed E-state index contributed by atoms with van der Waals surface area (Å²) in [5, 5.41) is 4.68. The number of nitrogens with zero attached hydrogens (tertiary/aromatic N) is 4. The molecule has 1 atom stereocenters. The number of fused-ring (bicyclic) bond motifs is 2. The summed E-state index contributed by atoms with van der Waals surface area (Å²) >= 11 is 5.89. The lowest BCUT2D eigenvalue weighted by atomic mass is 9.93. The van der Waals surface area contributed by atoms with Crippen molar-refractivity contribution in [2.45, 2.75) is 19.4 Å². The zero-order valence-electron chi connectivity index (χ0n) is 12.9. The largest absolute Gasteiger partial charge is 0.330 e. The SMILES string of the molecule is CC1c2c(F)cccc2CCN1C(=O)c1cc2ncc(Cl)cn2n1. The molecule has 0 bridgehead atoms. The van der Waals surface area contributed by atoms with Crippen molar-refractivity contribution in [3.8, 4) is 0 Å². The molecule has 2 aromatic heterocycles. The van der Waals surface area contributed by atoms with E-state index in [-0.39, 0.29) is 23.5 Å².